The highest BCUT2D eigenvalue weighted by Crippen LogP contribution is 2.28. The van der Waals surface area contributed by atoms with Gasteiger partial charge in [0.05, 0.1) is 5.37 Å². The van der Waals surface area contributed by atoms with Gasteiger partial charge in [-0.15, -0.1) is 11.8 Å². The Kier molecular flexibility index (Phi) is 2.73. The van der Waals surface area contributed by atoms with E-state index in [-0.39, 0.29) is 0 Å². The quantitative estimate of drug-likeness (QED) is 0.746. The molecule has 0 amide bonds. The predicted octanol–water partition coefficient (Wildman–Crippen LogP) is 2.86. The standard InChI is InChI=1S/C9H13NS2/c1-7-10-9(3-5-12-7)8-2-4-11-6-8/h2,4,6-7,9-10H,3,5H2,1H3. The summed E-state index contributed by atoms with van der Waals surface area (Å²) in [5.74, 6) is 1.29. The van der Waals surface area contributed by atoms with Crippen LogP contribution in [0.15, 0.2) is 16.8 Å². The van der Waals surface area contributed by atoms with E-state index in [1.807, 2.05) is 11.8 Å². The van der Waals surface area contributed by atoms with Crippen LogP contribution >= 0.6 is 23.1 Å². The highest BCUT2D eigenvalue weighted by atomic mass is 32.2. The van der Waals surface area contributed by atoms with Crippen LogP contribution in [0, 0.1) is 0 Å². The van der Waals surface area contributed by atoms with Gasteiger partial charge in [-0.1, -0.05) is 0 Å². The molecule has 1 fully saturated rings. The number of thioether (sulfide) groups is 1. The smallest absolute Gasteiger partial charge is 0.0508 e. The molecule has 2 atom stereocenters. The Morgan fingerprint density at radius 1 is 1.58 bits per heavy atom. The van der Waals surface area contributed by atoms with Crippen LogP contribution in [0.5, 0.6) is 0 Å². The van der Waals surface area contributed by atoms with Gasteiger partial charge in [0.25, 0.3) is 0 Å². The molecule has 12 heavy (non-hydrogen) atoms. The van der Waals surface area contributed by atoms with Gasteiger partial charge in [-0.05, 0) is 41.5 Å². The van der Waals surface area contributed by atoms with Gasteiger partial charge in [0.15, 0.2) is 0 Å². The van der Waals surface area contributed by atoms with Gasteiger partial charge >= 0.3 is 0 Å². The van der Waals surface area contributed by atoms with Crippen molar-refractivity contribution in [1.82, 2.24) is 5.32 Å². The third kappa shape index (κ3) is 1.84. The molecule has 0 aromatic carbocycles. The lowest BCUT2D eigenvalue weighted by atomic mass is 10.1. The largest absolute Gasteiger partial charge is 0.299 e. The summed E-state index contributed by atoms with van der Waals surface area (Å²) in [6.45, 7) is 2.24. The summed E-state index contributed by atoms with van der Waals surface area (Å²) in [6.07, 6.45) is 1.27. The number of rotatable bonds is 1. The Bertz CT molecular complexity index is 233. The monoisotopic (exact) mass is 199 g/mol. The second kappa shape index (κ2) is 3.81. The van der Waals surface area contributed by atoms with E-state index in [4.69, 9.17) is 0 Å². The average Bonchev–Trinajstić information content (AvgIpc) is 2.56. The molecule has 1 aromatic heterocycles. The van der Waals surface area contributed by atoms with Gasteiger partial charge in [-0.3, -0.25) is 5.32 Å². The molecule has 3 heteroatoms. The molecule has 1 nitrogen and oxygen atoms in total. The second-order valence-electron chi connectivity index (χ2n) is 3.08. The van der Waals surface area contributed by atoms with E-state index in [9.17, 15) is 0 Å². The van der Waals surface area contributed by atoms with Crippen molar-refractivity contribution < 1.29 is 0 Å². The summed E-state index contributed by atoms with van der Waals surface area (Å²) in [5, 5.41) is 8.61. The van der Waals surface area contributed by atoms with Crippen molar-refractivity contribution in [1.29, 1.82) is 0 Å². The molecule has 0 radical (unpaired) electrons. The van der Waals surface area contributed by atoms with Crippen molar-refractivity contribution in [2.75, 3.05) is 5.75 Å². The maximum atomic E-state index is 3.59. The van der Waals surface area contributed by atoms with Crippen LogP contribution in [-0.4, -0.2) is 11.1 Å². The van der Waals surface area contributed by atoms with E-state index >= 15 is 0 Å². The van der Waals surface area contributed by atoms with Crippen LogP contribution in [-0.2, 0) is 0 Å². The molecule has 0 saturated carbocycles. The highest BCUT2D eigenvalue weighted by Gasteiger charge is 2.19. The molecule has 1 aliphatic heterocycles. The minimum absolute atomic E-state index is 0.604. The van der Waals surface area contributed by atoms with Crippen molar-refractivity contribution >= 4 is 23.1 Å². The molecule has 2 rings (SSSR count). The lowest BCUT2D eigenvalue weighted by molar-refractivity contribution is 0.505. The number of hydrogen-bond donors (Lipinski definition) is 1. The fraction of sp³-hybridized carbons (Fsp3) is 0.556. The van der Waals surface area contributed by atoms with E-state index in [0.717, 1.165) is 0 Å². The Morgan fingerprint density at radius 2 is 2.50 bits per heavy atom. The molecule has 2 unspecified atom stereocenters. The van der Waals surface area contributed by atoms with Gasteiger partial charge in [0.2, 0.25) is 0 Å². The van der Waals surface area contributed by atoms with Crippen LogP contribution in [0.1, 0.15) is 24.9 Å². The number of hydrogen-bond acceptors (Lipinski definition) is 3. The topological polar surface area (TPSA) is 12.0 Å². The Balaban J connectivity index is 2.04. The predicted molar refractivity (Wildman–Crippen MR) is 56.7 cm³/mol. The summed E-state index contributed by atoms with van der Waals surface area (Å²) in [5.41, 5.74) is 1.46. The second-order valence-corrected chi connectivity index (χ2v) is 5.31. The van der Waals surface area contributed by atoms with E-state index in [1.165, 1.54) is 17.7 Å². The Labute approximate surface area is 81.6 Å². The SMILES string of the molecule is CC1NC(c2ccsc2)CCS1. The lowest BCUT2D eigenvalue weighted by Gasteiger charge is -2.27. The first-order chi connectivity index (χ1) is 5.86. The van der Waals surface area contributed by atoms with Gasteiger partial charge in [-0.25, -0.2) is 0 Å². The Morgan fingerprint density at radius 3 is 3.17 bits per heavy atom. The summed E-state index contributed by atoms with van der Waals surface area (Å²) < 4.78 is 0. The molecule has 0 bridgehead atoms. The molecule has 0 aliphatic carbocycles. The first-order valence-corrected chi connectivity index (χ1v) is 6.25. The minimum atomic E-state index is 0.604. The van der Waals surface area contributed by atoms with Crippen molar-refractivity contribution in [3.8, 4) is 0 Å². The van der Waals surface area contributed by atoms with Gasteiger partial charge in [-0.2, -0.15) is 11.3 Å². The summed E-state index contributed by atoms with van der Waals surface area (Å²) in [7, 11) is 0. The molecule has 1 saturated heterocycles. The fourth-order valence-corrected chi connectivity index (χ4v) is 3.21. The van der Waals surface area contributed by atoms with Crippen molar-refractivity contribution in [2.45, 2.75) is 24.8 Å². The Hall–Kier alpha value is 0.01000. The molecule has 0 spiro atoms. The maximum Gasteiger partial charge on any atom is 0.0508 e. The van der Waals surface area contributed by atoms with E-state index in [0.29, 0.717) is 11.4 Å². The zero-order valence-corrected chi connectivity index (χ0v) is 8.75. The van der Waals surface area contributed by atoms with Gasteiger partial charge in [0, 0.05) is 6.04 Å². The molecule has 2 heterocycles. The first kappa shape index (κ1) is 8.60. The van der Waals surface area contributed by atoms with Crippen molar-refractivity contribution in [3.05, 3.63) is 22.4 Å². The van der Waals surface area contributed by atoms with E-state index in [2.05, 4.69) is 29.1 Å². The first-order valence-electron chi connectivity index (χ1n) is 4.26. The molecular weight excluding hydrogens is 186 g/mol. The molecular formula is C9H13NS2. The van der Waals surface area contributed by atoms with Crippen LogP contribution in [0.25, 0.3) is 0 Å². The van der Waals surface area contributed by atoms with Crippen LogP contribution in [0.3, 0.4) is 0 Å². The maximum absolute atomic E-state index is 3.59. The van der Waals surface area contributed by atoms with Gasteiger partial charge in [0.1, 0.15) is 0 Å². The third-order valence-corrected chi connectivity index (χ3v) is 3.96. The van der Waals surface area contributed by atoms with E-state index < -0.39 is 0 Å². The zero-order valence-electron chi connectivity index (χ0n) is 7.12. The molecule has 66 valence electrons. The zero-order chi connectivity index (χ0) is 8.39. The van der Waals surface area contributed by atoms with Crippen molar-refractivity contribution in [2.24, 2.45) is 0 Å². The summed E-state index contributed by atoms with van der Waals surface area (Å²) in [6, 6.07) is 2.83. The normalized spacial score (nSPS) is 30.4. The van der Waals surface area contributed by atoms with Crippen LogP contribution in [0.2, 0.25) is 0 Å². The molecule has 1 aromatic rings. The summed E-state index contributed by atoms with van der Waals surface area (Å²) >= 11 is 3.80. The third-order valence-electron chi connectivity index (χ3n) is 2.16. The van der Waals surface area contributed by atoms with Crippen LogP contribution < -0.4 is 5.32 Å². The summed E-state index contributed by atoms with van der Waals surface area (Å²) in [4.78, 5) is 0. The minimum Gasteiger partial charge on any atom is -0.299 e. The molecule has 1 aliphatic rings. The van der Waals surface area contributed by atoms with E-state index in [1.54, 1.807) is 11.3 Å². The number of nitrogens with one attached hydrogen (secondary N) is 1. The fourth-order valence-electron chi connectivity index (χ4n) is 1.51. The molecule has 1 N–H and O–H groups in total. The lowest BCUT2D eigenvalue weighted by Crippen LogP contribution is -2.32. The average molecular weight is 199 g/mol. The van der Waals surface area contributed by atoms with Gasteiger partial charge < -0.3 is 0 Å². The highest BCUT2D eigenvalue weighted by molar-refractivity contribution is 7.99. The van der Waals surface area contributed by atoms with Crippen molar-refractivity contribution in [3.63, 3.8) is 0 Å². The number of thiophene rings is 1. The van der Waals surface area contributed by atoms with Crippen LogP contribution in [0.4, 0.5) is 0 Å².